The average molecular weight is 405 g/mol. The number of hydrogen-bond acceptors (Lipinski definition) is 4. The van der Waals surface area contributed by atoms with E-state index in [2.05, 4.69) is 31.2 Å². The van der Waals surface area contributed by atoms with Gasteiger partial charge in [0.25, 0.3) is 0 Å². The van der Waals surface area contributed by atoms with E-state index in [1.165, 1.54) is 24.0 Å². The number of rotatable bonds is 6. The van der Waals surface area contributed by atoms with Gasteiger partial charge in [0.15, 0.2) is 0 Å². The van der Waals surface area contributed by atoms with Crippen molar-refractivity contribution in [3.05, 3.63) is 53.6 Å². The molecular formula is C20H24N2O3S2. The molecule has 0 N–H and O–H groups in total. The highest BCUT2D eigenvalue weighted by molar-refractivity contribution is 7.99. The molecule has 0 atom stereocenters. The Morgan fingerprint density at radius 3 is 2.52 bits per heavy atom. The maximum atomic E-state index is 12.6. The molecule has 7 heteroatoms. The van der Waals surface area contributed by atoms with E-state index in [1.54, 1.807) is 34.9 Å². The molecule has 3 rings (SSSR count). The van der Waals surface area contributed by atoms with Crippen molar-refractivity contribution < 1.29 is 13.2 Å². The molecule has 0 saturated heterocycles. The number of anilines is 1. The minimum Gasteiger partial charge on any atom is -0.312 e. The van der Waals surface area contributed by atoms with E-state index in [0.29, 0.717) is 19.4 Å². The second-order valence-corrected chi connectivity index (χ2v) is 10.1. The number of aryl methyl sites for hydroxylation is 1. The lowest BCUT2D eigenvalue weighted by atomic mass is 10.2. The second kappa shape index (κ2) is 8.04. The minimum absolute atomic E-state index is 0.0802. The van der Waals surface area contributed by atoms with Crippen molar-refractivity contribution in [1.29, 1.82) is 0 Å². The molecular weight excluding hydrogens is 380 g/mol. The van der Waals surface area contributed by atoms with Gasteiger partial charge in [-0.3, -0.25) is 4.79 Å². The summed E-state index contributed by atoms with van der Waals surface area (Å²) in [7, 11) is -0.422. The summed E-state index contributed by atoms with van der Waals surface area (Å²) >= 11 is 1.67. The molecule has 1 aliphatic heterocycles. The topological polar surface area (TPSA) is 57.7 Å². The molecule has 0 aromatic heterocycles. The van der Waals surface area contributed by atoms with Gasteiger partial charge in [0.2, 0.25) is 15.9 Å². The molecule has 1 aliphatic rings. The van der Waals surface area contributed by atoms with Crippen LogP contribution in [0.15, 0.2) is 52.3 Å². The van der Waals surface area contributed by atoms with Crippen LogP contribution >= 0.6 is 11.8 Å². The molecule has 0 spiro atoms. The van der Waals surface area contributed by atoms with Crippen LogP contribution in [0.1, 0.15) is 17.5 Å². The summed E-state index contributed by atoms with van der Waals surface area (Å²) in [6, 6.07) is 13.3. The smallest absolute Gasteiger partial charge is 0.242 e. The van der Waals surface area contributed by atoms with Gasteiger partial charge in [-0.25, -0.2) is 12.7 Å². The van der Waals surface area contributed by atoms with Crippen molar-refractivity contribution in [1.82, 2.24) is 4.31 Å². The van der Waals surface area contributed by atoms with E-state index >= 15 is 0 Å². The molecule has 0 aliphatic carbocycles. The van der Waals surface area contributed by atoms with Crippen molar-refractivity contribution in [2.24, 2.45) is 0 Å². The van der Waals surface area contributed by atoms with Crippen LogP contribution in [-0.4, -0.2) is 45.0 Å². The lowest BCUT2D eigenvalue weighted by Gasteiger charge is -2.18. The first-order chi connectivity index (χ1) is 12.8. The second-order valence-electron chi connectivity index (χ2n) is 6.78. The Hall–Kier alpha value is -1.83. The standard InChI is InChI=1S/C20H24N2O3S2/c1-15-4-6-17(7-5-15)26-13-11-20(23)22-12-10-16-14-18(8-9-19(16)22)27(24,25)21(2)3/h4-9,14H,10-13H2,1-3H3. The molecule has 0 fully saturated rings. The van der Waals surface area contributed by atoms with Crippen molar-refractivity contribution >= 4 is 33.4 Å². The van der Waals surface area contributed by atoms with Crippen molar-refractivity contribution in [3.8, 4) is 0 Å². The van der Waals surface area contributed by atoms with Gasteiger partial charge in [0.1, 0.15) is 0 Å². The third-order valence-electron chi connectivity index (χ3n) is 4.63. The predicted molar refractivity (Wildman–Crippen MR) is 110 cm³/mol. The predicted octanol–water partition coefficient (Wildman–Crippen LogP) is 3.32. The van der Waals surface area contributed by atoms with Gasteiger partial charge >= 0.3 is 0 Å². The molecule has 5 nitrogen and oxygen atoms in total. The number of sulfonamides is 1. The summed E-state index contributed by atoms with van der Waals surface area (Å²) in [5, 5.41) is 0. The molecule has 1 amide bonds. The first-order valence-corrected chi connectivity index (χ1v) is 11.3. The fourth-order valence-corrected chi connectivity index (χ4v) is 4.83. The highest BCUT2D eigenvalue weighted by Crippen LogP contribution is 2.31. The number of thioether (sulfide) groups is 1. The minimum atomic E-state index is -3.46. The third-order valence-corrected chi connectivity index (χ3v) is 7.46. The Morgan fingerprint density at radius 2 is 1.85 bits per heavy atom. The molecule has 0 radical (unpaired) electrons. The largest absolute Gasteiger partial charge is 0.312 e. The van der Waals surface area contributed by atoms with Crippen LogP contribution in [0.3, 0.4) is 0 Å². The fraction of sp³-hybridized carbons (Fsp3) is 0.350. The molecule has 2 aromatic carbocycles. The van der Waals surface area contributed by atoms with Crippen LogP contribution in [0.4, 0.5) is 5.69 Å². The van der Waals surface area contributed by atoms with Gasteiger partial charge in [-0.2, -0.15) is 0 Å². The third kappa shape index (κ3) is 4.36. The van der Waals surface area contributed by atoms with E-state index in [-0.39, 0.29) is 10.8 Å². The van der Waals surface area contributed by atoms with Gasteiger partial charge in [0.05, 0.1) is 4.90 Å². The zero-order chi connectivity index (χ0) is 19.6. The first-order valence-electron chi connectivity index (χ1n) is 8.84. The summed E-state index contributed by atoms with van der Waals surface area (Å²) in [6.07, 6.45) is 1.14. The van der Waals surface area contributed by atoms with Gasteiger partial charge in [-0.1, -0.05) is 17.7 Å². The molecule has 0 saturated carbocycles. The Bertz CT molecular complexity index is 938. The molecule has 1 heterocycles. The quantitative estimate of drug-likeness (QED) is 0.693. The molecule has 2 aromatic rings. The van der Waals surface area contributed by atoms with E-state index in [9.17, 15) is 13.2 Å². The zero-order valence-electron chi connectivity index (χ0n) is 15.8. The number of benzene rings is 2. The molecule has 0 unspecified atom stereocenters. The van der Waals surface area contributed by atoms with E-state index in [1.807, 2.05) is 0 Å². The molecule has 27 heavy (non-hydrogen) atoms. The summed E-state index contributed by atoms with van der Waals surface area (Å²) in [5.41, 5.74) is 2.97. The summed E-state index contributed by atoms with van der Waals surface area (Å²) < 4.78 is 25.8. The maximum absolute atomic E-state index is 12.6. The highest BCUT2D eigenvalue weighted by Gasteiger charge is 2.27. The Morgan fingerprint density at radius 1 is 1.15 bits per heavy atom. The van der Waals surface area contributed by atoms with Gasteiger partial charge in [-0.15, -0.1) is 11.8 Å². The summed E-state index contributed by atoms with van der Waals surface area (Å²) in [4.78, 5) is 15.8. The van der Waals surface area contributed by atoms with Crippen LogP contribution in [0.2, 0.25) is 0 Å². The van der Waals surface area contributed by atoms with Gasteiger partial charge in [-0.05, 0) is 49.2 Å². The van der Waals surface area contributed by atoms with Crippen LogP contribution < -0.4 is 4.90 Å². The lowest BCUT2D eigenvalue weighted by Crippen LogP contribution is -2.29. The monoisotopic (exact) mass is 404 g/mol. The highest BCUT2D eigenvalue weighted by atomic mass is 32.2. The fourth-order valence-electron chi connectivity index (χ4n) is 3.03. The van der Waals surface area contributed by atoms with Crippen LogP contribution in [0, 0.1) is 6.92 Å². The number of carbonyl (C=O) groups excluding carboxylic acids is 1. The van der Waals surface area contributed by atoms with E-state index in [4.69, 9.17) is 0 Å². The Balaban J connectivity index is 1.64. The Kier molecular flexibility index (Phi) is 5.93. The normalized spacial score (nSPS) is 13.9. The zero-order valence-corrected chi connectivity index (χ0v) is 17.4. The SMILES string of the molecule is Cc1ccc(SCCC(=O)N2CCc3cc(S(=O)(=O)N(C)C)ccc32)cc1. The van der Waals surface area contributed by atoms with Crippen molar-refractivity contribution in [2.45, 2.75) is 29.6 Å². The van der Waals surface area contributed by atoms with E-state index < -0.39 is 10.0 Å². The van der Waals surface area contributed by atoms with Crippen LogP contribution in [0.25, 0.3) is 0 Å². The van der Waals surface area contributed by atoms with Crippen LogP contribution in [0.5, 0.6) is 0 Å². The molecule has 0 bridgehead atoms. The lowest BCUT2D eigenvalue weighted by molar-refractivity contribution is -0.118. The van der Waals surface area contributed by atoms with Crippen molar-refractivity contribution in [3.63, 3.8) is 0 Å². The number of hydrogen-bond donors (Lipinski definition) is 0. The summed E-state index contributed by atoms with van der Waals surface area (Å²) in [5.74, 6) is 0.803. The average Bonchev–Trinajstić information content (AvgIpc) is 3.06. The van der Waals surface area contributed by atoms with Gasteiger partial charge < -0.3 is 4.90 Å². The number of fused-ring (bicyclic) bond motifs is 1. The summed E-state index contributed by atoms with van der Waals surface area (Å²) in [6.45, 7) is 2.66. The molecule has 144 valence electrons. The number of carbonyl (C=O) groups is 1. The number of amides is 1. The Labute approximate surface area is 165 Å². The van der Waals surface area contributed by atoms with Gasteiger partial charge in [0, 0.05) is 43.4 Å². The number of nitrogens with zero attached hydrogens (tertiary/aromatic N) is 2. The van der Waals surface area contributed by atoms with Crippen molar-refractivity contribution in [2.75, 3.05) is 31.3 Å². The van der Waals surface area contributed by atoms with Crippen LogP contribution in [-0.2, 0) is 21.2 Å². The van der Waals surface area contributed by atoms with E-state index in [0.717, 1.165) is 21.9 Å². The maximum Gasteiger partial charge on any atom is 0.242 e. The first kappa shape index (κ1) is 19.9.